The first-order valence-corrected chi connectivity index (χ1v) is 3.54. The highest BCUT2D eigenvalue weighted by molar-refractivity contribution is 4.85. The number of nitrogens with two attached hydrogens (primary N) is 1. The van der Waals surface area contributed by atoms with Gasteiger partial charge in [0.05, 0.1) is 12.7 Å². The van der Waals surface area contributed by atoms with E-state index in [1.54, 1.807) is 0 Å². The van der Waals surface area contributed by atoms with Crippen LogP contribution in [0.1, 0.15) is 22.2 Å². The lowest BCUT2D eigenvalue weighted by molar-refractivity contribution is 0.144. The van der Waals surface area contributed by atoms with Crippen LogP contribution in [0.3, 0.4) is 0 Å². The quantitative estimate of drug-likeness (QED) is 0.649. The van der Waals surface area contributed by atoms with E-state index in [0.29, 0.717) is 13.2 Å². The van der Waals surface area contributed by atoms with E-state index < -0.39 is 6.04 Å². The lowest BCUT2D eigenvalue weighted by Crippen LogP contribution is -2.23. The highest BCUT2D eigenvalue weighted by Crippen LogP contribution is 1.76. The number of ether oxygens (including phenoxy) is 1. The Balaban J connectivity index is -0.000000196. The van der Waals surface area contributed by atoms with E-state index in [9.17, 15) is 0 Å². The molecule has 62 valence electrons. The number of rotatable bonds is 3. The van der Waals surface area contributed by atoms with E-state index in [1.165, 1.54) is 0 Å². The van der Waals surface area contributed by atoms with Gasteiger partial charge in [0.25, 0.3) is 0 Å². The van der Waals surface area contributed by atoms with Gasteiger partial charge in [-0.25, -0.2) is 0 Å². The van der Waals surface area contributed by atoms with Crippen LogP contribution >= 0.6 is 0 Å². The molecule has 0 amide bonds. The van der Waals surface area contributed by atoms with E-state index in [1.807, 2.05) is 26.8 Å². The molecular formula is C7H18N2O. The topological polar surface area (TPSA) is 59.0 Å². The van der Waals surface area contributed by atoms with Gasteiger partial charge in [-0.1, -0.05) is 13.8 Å². The summed E-state index contributed by atoms with van der Waals surface area (Å²) >= 11 is 0. The Bertz CT molecular complexity index is 92.9. The molecule has 3 heteroatoms. The van der Waals surface area contributed by atoms with Gasteiger partial charge in [-0.3, -0.25) is 0 Å². The lowest BCUT2D eigenvalue weighted by Gasteiger charge is -1.99. The lowest BCUT2D eigenvalue weighted by atomic mass is 10.4. The van der Waals surface area contributed by atoms with Crippen LogP contribution in [0.5, 0.6) is 0 Å². The Labute approximate surface area is 64.3 Å². The minimum atomic E-state index is -0.463. The molecule has 1 unspecified atom stereocenters. The molecule has 0 aliphatic heterocycles. The van der Waals surface area contributed by atoms with Gasteiger partial charge in [-0.2, -0.15) is 5.26 Å². The van der Waals surface area contributed by atoms with Crippen molar-refractivity contribution < 1.29 is 6.16 Å². The van der Waals surface area contributed by atoms with E-state index in [-0.39, 0.29) is 1.43 Å². The summed E-state index contributed by atoms with van der Waals surface area (Å²) in [5, 5.41) is 8.11. The standard InChI is InChI=1S/C5H10N2O.C2H6.H2/c1-2-8-4-5(7)3-6;1-2;/h5H,2,4,7H2,1H3;1-2H3;1H. The van der Waals surface area contributed by atoms with E-state index in [2.05, 4.69) is 0 Å². The van der Waals surface area contributed by atoms with Crippen LogP contribution in [-0.4, -0.2) is 19.3 Å². The van der Waals surface area contributed by atoms with Gasteiger partial charge in [-0.15, -0.1) is 0 Å². The van der Waals surface area contributed by atoms with Crippen molar-refractivity contribution in [1.82, 2.24) is 0 Å². The zero-order chi connectivity index (χ0) is 8.41. The van der Waals surface area contributed by atoms with Crippen LogP contribution in [0.15, 0.2) is 0 Å². The van der Waals surface area contributed by atoms with E-state index in [0.717, 1.165) is 0 Å². The van der Waals surface area contributed by atoms with Gasteiger partial charge in [0.15, 0.2) is 0 Å². The molecule has 0 rings (SSSR count). The van der Waals surface area contributed by atoms with Gasteiger partial charge in [-0.05, 0) is 6.92 Å². The fourth-order valence-corrected chi connectivity index (χ4v) is 0.282. The summed E-state index contributed by atoms with van der Waals surface area (Å²) in [6, 6.07) is 1.39. The predicted octanol–water partition coefficient (Wildman–Crippen LogP) is 1.15. The Hall–Kier alpha value is -0.590. The molecule has 0 aliphatic carbocycles. The summed E-state index contributed by atoms with van der Waals surface area (Å²) in [5.41, 5.74) is 5.17. The van der Waals surface area contributed by atoms with Crippen molar-refractivity contribution in [2.75, 3.05) is 13.2 Å². The van der Waals surface area contributed by atoms with Crippen molar-refractivity contribution in [3.05, 3.63) is 0 Å². The van der Waals surface area contributed by atoms with Gasteiger partial charge in [0, 0.05) is 8.03 Å². The first kappa shape index (κ1) is 12.1. The molecular weight excluding hydrogens is 128 g/mol. The van der Waals surface area contributed by atoms with Crippen molar-refractivity contribution >= 4 is 0 Å². The molecule has 0 spiro atoms. The molecule has 0 saturated carbocycles. The Morgan fingerprint density at radius 1 is 1.70 bits per heavy atom. The highest BCUT2D eigenvalue weighted by atomic mass is 16.5. The summed E-state index contributed by atoms with van der Waals surface area (Å²) in [5.74, 6) is 0. The molecule has 0 heterocycles. The van der Waals surface area contributed by atoms with Crippen LogP contribution in [-0.2, 0) is 4.74 Å². The third-order valence-corrected chi connectivity index (χ3v) is 0.667. The fraction of sp³-hybridized carbons (Fsp3) is 0.857. The van der Waals surface area contributed by atoms with Crippen LogP contribution in [0.25, 0.3) is 0 Å². The van der Waals surface area contributed by atoms with Crippen molar-refractivity contribution in [3.8, 4) is 6.07 Å². The van der Waals surface area contributed by atoms with Crippen LogP contribution in [0, 0.1) is 11.3 Å². The third kappa shape index (κ3) is 10.4. The summed E-state index contributed by atoms with van der Waals surface area (Å²) in [4.78, 5) is 0. The van der Waals surface area contributed by atoms with E-state index in [4.69, 9.17) is 15.7 Å². The summed E-state index contributed by atoms with van der Waals surface area (Å²) in [6.07, 6.45) is 0. The monoisotopic (exact) mass is 146 g/mol. The molecule has 1 atom stereocenters. The van der Waals surface area contributed by atoms with Crippen molar-refractivity contribution in [2.24, 2.45) is 5.73 Å². The largest absolute Gasteiger partial charge is 0.379 e. The molecule has 3 nitrogen and oxygen atoms in total. The molecule has 0 aliphatic rings. The molecule has 0 aromatic rings. The van der Waals surface area contributed by atoms with Crippen molar-refractivity contribution in [1.29, 1.82) is 5.26 Å². The minimum Gasteiger partial charge on any atom is -0.379 e. The number of hydrogen-bond donors (Lipinski definition) is 1. The normalized spacial score (nSPS) is 10.7. The zero-order valence-corrected chi connectivity index (χ0v) is 6.92. The van der Waals surface area contributed by atoms with Crippen LogP contribution in [0.4, 0.5) is 0 Å². The molecule has 0 aromatic heterocycles. The summed E-state index contributed by atoms with van der Waals surface area (Å²) in [6.45, 7) is 6.83. The average Bonchev–Trinajstić information content (AvgIpc) is 2.04. The Kier molecular flexibility index (Phi) is 13.6. The number of hydrogen-bond acceptors (Lipinski definition) is 3. The van der Waals surface area contributed by atoms with Gasteiger partial charge < -0.3 is 10.5 Å². The maximum absolute atomic E-state index is 8.11. The molecule has 10 heavy (non-hydrogen) atoms. The first-order valence-electron chi connectivity index (χ1n) is 3.54. The highest BCUT2D eigenvalue weighted by Gasteiger charge is 1.95. The fourth-order valence-electron chi connectivity index (χ4n) is 0.282. The maximum atomic E-state index is 8.11. The molecule has 0 saturated heterocycles. The summed E-state index contributed by atoms with van der Waals surface area (Å²) in [7, 11) is 0. The SMILES string of the molecule is CC.CCOCC(N)C#N.[HH]. The smallest absolute Gasteiger partial charge is 0.116 e. The molecule has 0 fully saturated rings. The third-order valence-electron chi connectivity index (χ3n) is 0.667. The molecule has 0 radical (unpaired) electrons. The molecule has 0 bridgehead atoms. The zero-order valence-electron chi connectivity index (χ0n) is 6.92. The van der Waals surface area contributed by atoms with E-state index >= 15 is 0 Å². The van der Waals surface area contributed by atoms with Gasteiger partial charge in [0.1, 0.15) is 6.04 Å². The predicted molar refractivity (Wildman–Crippen MR) is 43.5 cm³/mol. The second-order valence-electron chi connectivity index (χ2n) is 1.40. The maximum Gasteiger partial charge on any atom is 0.116 e. The van der Waals surface area contributed by atoms with Crippen molar-refractivity contribution in [3.63, 3.8) is 0 Å². The van der Waals surface area contributed by atoms with Crippen LogP contribution in [0.2, 0.25) is 0 Å². The van der Waals surface area contributed by atoms with Gasteiger partial charge >= 0.3 is 0 Å². The van der Waals surface area contributed by atoms with Crippen LogP contribution < -0.4 is 5.73 Å². The summed E-state index contributed by atoms with van der Waals surface area (Å²) < 4.78 is 4.84. The Morgan fingerprint density at radius 3 is 2.50 bits per heavy atom. The molecule has 0 aromatic carbocycles. The van der Waals surface area contributed by atoms with Gasteiger partial charge in [0.2, 0.25) is 0 Å². The second kappa shape index (κ2) is 11.2. The average molecular weight is 146 g/mol. The second-order valence-corrected chi connectivity index (χ2v) is 1.40. The first-order chi connectivity index (χ1) is 4.81. The molecule has 2 N–H and O–H groups in total. The Morgan fingerprint density at radius 2 is 2.20 bits per heavy atom. The van der Waals surface area contributed by atoms with Crippen molar-refractivity contribution in [2.45, 2.75) is 26.8 Å². The minimum absolute atomic E-state index is 0. The number of nitriles is 1. The number of nitrogens with zero attached hydrogens (tertiary/aromatic N) is 1.